The molecule has 3 rings (SSSR count). The number of benzene rings is 2. The van der Waals surface area contributed by atoms with Gasteiger partial charge in [0.1, 0.15) is 5.75 Å². The summed E-state index contributed by atoms with van der Waals surface area (Å²) in [5.74, 6) is 0.397. The van der Waals surface area contributed by atoms with Crippen LogP contribution >= 0.6 is 0 Å². The van der Waals surface area contributed by atoms with Gasteiger partial charge in [0, 0.05) is 24.0 Å². The van der Waals surface area contributed by atoms with Gasteiger partial charge in [0.15, 0.2) is 0 Å². The SMILES string of the molecule is CCNC(=O)CN(CC)C(=O)c1cc(-c2ccc(OC)cc2)nc2ccccc12. The minimum atomic E-state index is -0.188. The Morgan fingerprint density at radius 1 is 1.07 bits per heavy atom. The lowest BCUT2D eigenvalue weighted by molar-refractivity contribution is -0.121. The number of carbonyl (C=O) groups is 2. The standard InChI is InChI=1S/C23H25N3O3/c1-4-24-22(27)15-26(5-2)23(28)19-14-21(16-10-12-17(29-3)13-11-16)25-20-9-7-6-8-18(19)20/h6-14H,4-5,15H2,1-3H3,(H,24,27). The summed E-state index contributed by atoms with van der Waals surface area (Å²) in [5, 5.41) is 3.51. The quantitative estimate of drug-likeness (QED) is 0.669. The third-order valence-corrected chi connectivity index (χ3v) is 4.71. The number of aromatic nitrogens is 1. The van der Waals surface area contributed by atoms with E-state index in [-0.39, 0.29) is 18.4 Å². The molecular weight excluding hydrogens is 366 g/mol. The Labute approximate surface area is 170 Å². The van der Waals surface area contributed by atoms with Crippen LogP contribution < -0.4 is 10.1 Å². The van der Waals surface area contributed by atoms with E-state index in [9.17, 15) is 9.59 Å². The van der Waals surface area contributed by atoms with E-state index in [0.717, 1.165) is 22.2 Å². The van der Waals surface area contributed by atoms with E-state index in [1.807, 2.05) is 62.4 Å². The zero-order chi connectivity index (χ0) is 20.8. The molecule has 0 aliphatic rings. The van der Waals surface area contributed by atoms with E-state index in [1.54, 1.807) is 18.1 Å². The molecular formula is C23H25N3O3. The fourth-order valence-electron chi connectivity index (χ4n) is 3.19. The molecule has 1 N–H and O–H groups in total. The fraction of sp³-hybridized carbons (Fsp3) is 0.261. The number of hydrogen-bond donors (Lipinski definition) is 1. The molecule has 2 aromatic carbocycles. The largest absolute Gasteiger partial charge is 0.497 e. The molecule has 2 amide bonds. The lowest BCUT2D eigenvalue weighted by Gasteiger charge is -2.21. The van der Waals surface area contributed by atoms with Gasteiger partial charge in [-0.15, -0.1) is 0 Å². The van der Waals surface area contributed by atoms with Crippen molar-refractivity contribution in [3.05, 3.63) is 60.2 Å². The van der Waals surface area contributed by atoms with Crippen LogP contribution in [0, 0.1) is 0 Å². The van der Waals surface area contributed by atoms with Gasteiger partial charge in [0.05, 0.1) is 30.4 Å². The maximum Gasteiger partial charge on any atom is 0.255 e. The number of pyridine rings is 1. The normalized spacial score (nSPS) is 10.6. The molecule has 1 heterocycles. The van der Waals surface area contributed by atoms with Gasteiger partial charge in [-0.1, -0.05) is 18.2 Å². The second kappa shape index (κ2) is 9.19. The molecule has 1 aromatic heterocycles. The topological polar surface area (TPSA) is 71.5 Å². The van der Waals surface area contributed by atoms with Crippen LogP contribution in [0.1, 0.15) is 24.2 Å². The third-order valence-electron chi connectivity index (χ3n) is 4.71. The van der Waals surface area contributed by atoms with Crippen molar-refractivity contribution < 1.29 is 14.3 Å². The van der Waals surface area contributed by atoms with Crippen LogP contribution in [0.2, 0.25) is 0 Å². The second-order valence-corrected chi connectivity index (χ2v) is 6.57. The van der Waals surface area contributed by atoms with Gasteiger partial charge in [0.25, 0.3) is 5.91 Å². The molecule has 0 unspecified atom stereocenters. The molecule has 0 saturated carbocycles. The summed E-state index contributed by atoms with van der Waals surface area (Å²) >= 11 is 0. The number of fused-ring (bicyclic) bond motifs is 1. The van der Waals surface area contributed by atoms with Crippen molar-refractivity contribution >= 4 is 22.7 Å². The average Bonchev–Trinajstić information content (AvgIpc) is 2.76. The molecule has 29 heavy (non-hydrogen) atoms. The Hall–Kier alpha value is -3.41. The Bertz CT molecular complexity index is 1020. The Kier molecular flexibility index (Phi) is 6.44. The summed E-state index contributed by atoms with van der Waals surface area (Å²) in [4.78, 5) is 31.6. The first kappa shape index (κ1) is 20.3. The maximum absolute atomic E-state index is 13.3. The summed E-state index contributed by atoms with van der Waals surface area (Å²) in [7, 11) is 1.62. The first-order chi connectivity index (χ1) is 14.1. The summed E-state index contributed by atoms with van der Waals surface area (Å²) in [6.07, 6.45) is 0. The summed E-state index contributed by atoms with van der Waals surface area (Å²) in [5.41, 5.74) is 2.85. The minimum absolute atomic E-state index is 0.0255. The van der Waals surface area contributed by atoms with Gasteiger partial charge in [0.2, 0.25) is 5.91 Å². The van der Waals surface area contributed by atoms with E-state index in [2.05, 4.69) is 5.32 Å². The molecule has 0 aliphatic carbocycles. The highest BCUT2D eigenvalue weighted by molar-refractivity contribution is 6.08. The van der Waals surface area contributed by atoms with Crippen molar-refractivity contribution in [2.24, 2.45) is 0 Å². The minimum Gasteiger partial charge on any atom is -0.497 e. The van der Waals surface area contributed by atoms with Gasteiger partial charge in [-0.25, -0.2) is 4.98 Å². The molecule has 0 aliphatic heterocycles. The average molecular weight is 391 g/mol. The highest BCUT2D eigenvalue weighted by Gasteiger charge is 2.21. The Morgan fingerprint density at radius 2 is 1.79 bits per heavy atom. The summed E-state index contributed by atoms with van der Waals surface area (Å²) < 4.78 is 5.22. The molecule has 6 nitrogen and oxygen atoms in total. The highest BCUT2D eigenvalue weighted by atomic mass is 16.5. The number of nitrogens with zero attached hydrogens (tertiary/aromatic N) is 2. The predicted octanol–water partition coefficient (Wildman–Crippen LogP) is 3.51. The lowest BCUT2D eigenvalue weighted by atomic mass is 10.0. The second-order valence-electron chi connectivity index (χ2n) is 6.57. The first-order valence-electron chi connectivity index (χ1n) is 9.67. The van der Waals surface area contributed by atoms with Gasteiger partial charge < -0.3 is 15.0 Å². The van der Waals surface area contributed by atoms with Crippen molar-refractivity contribution in [2.45, 2.75) is 13.8 Å². The van der Waals surface area contributed by atoms with E-state index in [1.165, 1.54) is 0 Å². The number of rotatable bonds is 7. The monoisotopic (exact) mass is 391 g/mol. The zero-order valence-corrected chi connectivity index (χ0v) is 16.9. The molecule has 3 aromatic rings. The first-order valence-corrected chi connectivity index (χ1v) is 9.67. The zero-order valence-electron chi connectivity index (χ0n) is 16.9. The van der Waals surface area contributed by atoms with Crippen molar-refractivity contribution in [3.8, 4) is 17.0 Å². The van der Waals surface area contributed by atoms with Gasteiger partial charge in [-0.2, -0.15) is 0 Å². The van der Waals surface area contributed by atoms with Crippen molar-refractivity contribution in [1.82, 2.24) is 15.2 Å². The number of hydrogen-bond acceptors (Lipinski definition) is 4. The Balaban J connectivity index is 2.05. The van der Waals surface area contributed by atoms with Crippen LogP contribution in [0.3, 0.4) is 0 Å². The van der Waals surface area contributed by atoms with E-state index < -0.39 is 0 Å². The van der Waals surface area contributed by atoms with Gasteiger partial charge in [-0.3, -0.25) is 9.59 Å². The molecule has 0 bridgehead atoms. The van der Waals surface area contributed by atoms with Crippen LogP contribution in [-0.2, 0) is 4.79 Å². The number of amides is 2. The molecule has 0 spiro atoms. The molecule has 0 radical (unpaired) electrons. The number of likely N-dealkylation sites (N-methyl/N-ethyl adjacent to an activating group) is 2. The maximum atomic E-state index is 13.3. The number of ether oxygens (including phenoxy) is 1. The summed E-state index contributed by atoms with van der Waals surface area (Å²) in [6, 6.07) is 16.9. The van der Waals surface area contributed by atoms with Crippen LogP contribution in [0.4, 0.5) is 0 Å². The number of methoxy groups -OCH3 is 1. The highest BCUT2D eigenvalue weighted by Crippen LogP contribution is 2.27. The van der Waals surface area contributed by atoms with Crippen LogP contribution in [0.5, 0.6) is 5.75 Å². The number of nitrogens with one attached hydrogen (secondary N) is 1. The van der Waals surface area contributed by atoms with E-state index in [0.29, 0.717) is 24.3 Å². The predicted molar refractivity (Wildman–Crippen MR) is 114 cm³/mol. The van der Waals surface area contributed by atoms with Gasteiger partial charge in [-0.05, 0) is 50.2 Å². The van der Waals surface area contributed by atoms with Crippen LogP contribution in [0.15, 0.2) is 54.6 Å². The van der Waals surface area contributed by atoms with Crippen molar-refractivity contribution in [1.29, 1.82) is 0 Å². The molecule has 150 valence electrons. The fourth-order valence-corrected chi connectivity index (χ4v) is 3.19. The Morgan fingerprint density at radius 3 is 2.45 bits per heavy atom. The van der Waals surface area contributed by atoms with E-state index >= 15 is 0 Å². The van der Waals surface area contributed by atoms with Crippen molar-refractivity contribution in [3.63, 3.8) is 0 Å². The van der Waals surface area contributed by atoms with Crippen molar-refractivity contribution in [2.75, 3.05) is 26.7 Å². The molecule has 6 heteroatoms. The number of carbonyl (C=O) groups excluding carboxylic acids is 2. The van der Waals surface area contributed by atoms with Crippen LogP contribution in [-0.4, -0.2) is 48.4 Å². The summed E-state index contributed by atoms with van der Waals surface area (Å²) in [6.45, 7) is 4.71. The van der Waals surface area contributed by atoms with Crippen LogP contribution in [0.25, 0.3) is 22.2 Å². The molecule has 0 fully saturated rings. The lowest BCUT2D eigenvalue weighted by Crippen LogP contribution is -2.40. The van der Waals surface area contributed by atoms with E-state index in [4.69, 9.17) is 9.72 Å². The van der Waals surface area contributed by atoms with Gasteiger partial charge >= 0.3 is 0 Å². The smallest absolute Gasteiger partial charge is 0.255 e. The molecule has 0 atom stereocenters. The molecule has 0 saturated heterocycles. The number of para-hydroxylation sites is 1. The third kappa shape index (κ3) is 4.54.